The molecule has 0 radical (unpaired) electrons. The lowest BCUT2D eigenvalue weighted by molar-refractivity contribution is 0.0584. The predicted octanol–water partition coefficient (Wildman–Crippen LogP) is 3.26. The summed E-state index contributed by atoms with van der Waals surface area (Å²) in [5.74, 6) is 0. The van der Waals surface area contributed by atoms with Gasteiger partial charge in [0, 0.05) is 13.2 Å². The van der Waals surface area contributed by atoms with Gasteiger partial charge in [-0.1, -0.05) is 33.1 Å². The third kappa shape index (κ3) is 24.5. The van der Waals surface area contributed by atoms with E-state index in [1.165, 1.54) is 19.3 Å². The first-order valence-corrected chi connectivity index (χ1v) is 5.48. The highest BCUT2D eigenvalue weighted by atomic mass is 16.5. The van der Waals surface area contributed by atoms with Crippen LogP contribution < -0.4 is 0 Å². The summed E-state index contributed by atoms with van der Waals surface area (Å²) in [4.78, 5) is 0. The van der Waals surface area contributed by atoms with Gasteiger partial charge in [-0.25, -0.2) is 0 Å². The average Bonchev–Trinajstić information content (AvgIpc) is 2.15. The van der Waals surface area contributed by atoms with Gasteiger partial charge in [-0.15, -0.1) is 0 Å². The summed E-state index contributed by atoms with van der Waals surface area (Å²) >= 11 is 0. The van der Waals surface area contributed by atoms with Crippen LogP contribution in [0.1, 0.15) is 47.0 Å². The van der Waals surface area contributed by atoms with Gasteiger partial charge in [0.05, 0.1) is 13.2 Å². The molecule has 0 bridgehead atoms. The molecule has 13 heavy (non-hydrogen) atoms. The molecular weight excluding hydrogens is 164 g/mol. The highest BCUT2D eigenvalue weighted by Crippen LogP contribution is 1.88. The molecular formula is C11H26O2. The highest BCUT2D eigenvalue weighted by Gasteiger charge is 1.81. The van der Waals surface area contributed by atoms with Gasteiger partial charge in [0.15, 0.2) is 0 Å². The van der Waals surface area contributed by atoms with Gasteiger partial charge in [0.1, 0.15) is 0 Å². The summed E-state index contributed by atoms with van der Waals surface area (Å²) in [5, 5.41) is 0. The quantitative estimate of drug-likeness (QED) is 0.574. The summed E-state index contributed by atoms with van der Waals surface area (Å²) < 4.78 is 10.0. The lowest BCUT2D eigenvalue weighted by Gasteiger charge is -1.99. The molecule has 0 fully saturated rings. The Morgan fingerprint density at radius 3 is 1.23 bits per heavy atom. The Labute approximate surface area is 83.6 Å². The summed E-state index contributed by atoms with van der Waals surface area (Å²) in [6.45, 7) is 11.4. The zero-order chi connectivity index (χ0) is 10.4. The second-order valence-electron chi connectivity index (χ2n) is 2.75. The minimum atomic E-state index is 0.727. The van der Waals surface area contributed by atoms with E-state index in [2.05, 4.69) is 13.8 Å². The molecule has 82 valence electrons. The van der Waals surface area contributed by atoms with Crippen LogP contribution in [0.25, 0.3) is 0 Å². The van der Waals surface area contributed by atoms with E-state index < -0.39 is 0 Å². The van der Waals surface area contributed by atoms with Crippen LogP contribution in [0, 0.1) is 0 Å². The van der Waals surface area contributed by atoms with Gasteiger partial charge in [0.25, 0.3) is 0 Å². The van der Waals surface area contributed by atoms with Crippen molar-refractivity contribution in [2.45, 2.75) is 47.0 Å². The maximum Gasteiger partial charge on any atom is 0.0700 e. The molecule has 0 N–H and O–H groups in total. The van der Waals surface area contributed by atoms with E-state index in [1.54, 1.807) is 0 Å². The van der Waals surface area contributed by atoms with Crippen LogP contribution in [0.4, 0.5) is 0 Å². The molecule has 0 spiro atoms. The zero-order valence-corrected chi connectivity index (χ0v) is 9.77. The maximum absolute atomic E-state index is 5.01. The van der Waals surface area contributed by atoms with Crippen molar-refractivity contribution in [3.63, 3.8) is 0 Å². The Hall–Kier alpha value is -0.0800. The van der Waals surface area contributed by atoms with Crippen molar-refractivity contribution in [2.75, 3.05) is 26.4 Å². The SMILES string of the molecule is CCCCC.CCOCCOCC. The lowest BCUT2D eigenvalue weighted by atomic mass is 10.3. The van der Waals surface area contributed by atoms with E-state index in [0.717, 1.165) is 26.4 Å². The third-order valence-corrected chi connectivity index (χ3v) is 1.49. The van der Waals surface area contributed by atoms with Crippen LogP contribution in [-0.4, -0.2) is 26.4 Å². The van der Waals surface area contributed by atoms with Crippen LogP contribution in [0.2, 0.25) is 0 Å². The molecule has 0 aromatic carbocycles. The molecule has 0 unspecified atom stereocenters. The van der Waals surface area contributed by atoms with Crippen LogP contribution >= 0.6 is 0 Å². The summed E-state index contributed by atoms with van der Waals surface area (Å²) in [6, 6.07) is 0. The van der Waals surface area contributed by atoms with Gasteiger partial charge in [0.2, 0.25) is 0 Å². The molecule has 0 saturated heterocycles. The highest BCUT2D eigenvalue weighted by molar-refractivity contribution is 4.25. The standard InChI is InChI=1S/C6H14O2.C5H12/c1-3-7-5-6-8-4-2;1-3-5-4-2/h3-6H2,1-2H3;3-5H2,1-2H3. The first kappa shape index (κ1) is 15.4. The minimum absolute atomic E-state index is 0.727. The second kappa shape index (κ2) is 17.9. The molecule has 0 aromatic rings. The van der Waals surface area contributed by atoms with E-state index in [-0.39, 0.29) is 0 Å². The summed E-state index contributed by atoms with van der Waals surface area (Å²) in [6.07, 6.45) is 4.08. The van der Waals surface area contributed by atoms with Crippen molar-refractivity contribution in [1.29, 1.82) is 0 Å². The largest absolute Gasteiger partial charge is 0.379 e. The van der Waals surface area contributed by atoms with Crippen molar-refractivity contribution in [3.8, 4) is 0 Å². The van der Waals surface area contributed by atoms with Crippen molar-refractivity contribution in [1.82, 2.24) is 0 Å². The Bertz CT molecular complexity index is 57.1. The molecule has 0 aliphatic rings. The van der Waals surface area contributed by atoms with Gasteiger partial charge in [-0.05, 0) is 13.8 Å². The first-order chi connectivity index (χ1) is 6.33. The monoisotopic (exact) mass is 190 g/mol. The van der Waals surface area contributed by atoms with Gasteiger partial charge in [-0.2, -0.15) is 0 Å². The third-order valence-electron chi connectivity index (χ3n) is 1.49. The molecule has 0 aromatic heterocycles. The fourth-order valence-corrected chi connectivity index (χ4v) is 0.760. The normalized spacial score (nSPS) is 9.23. The Kier molecular flexibility index (Phi) is 21.2. The fraction of sp³-hybridized carbons (Fsp3) is 1.00. The van der Waals surface area contributed by atoms with E-state index in [9.17, 15) is 0 Å². The number of hydrogen-bond acceptors (Lipinski definition) is 2. The summed E-state index contributed by atoms with van der Waals surface area (Å²) in [7, 11) is 0. The second-order valence-corrected chi connectivity index (χ2v) is 2.75. The molecule has 0 aliphatic heterocycles. The minimum Gasteiger partial charge on any atom is -0.379 e. The molecule has 0 amide bonds. The van der Waals surface area contributed by atoms with Crippen LogP contribution in [0.3, 0.4) is 0 Å². The van der Waals surface area contributed by atoms with E-state index in [1.807, 2.05) is 13.8 Å². The summed E-state index contributed by atoms with van der Waals surface area (Å²) in [5.41, 5.74) is 0. The van der Waals surface area contributed by atoms with Crippen LogP contribution in [-0.2, 0) is 9.47 Å². The number of rotatable bonds is 7. The van der Waals surface area contributed by atoms with Crippen molar-refractivity contribution < 1.29 is 9.47 Å². The number of unbranched alkanes of at least 4 members (excludes halogenated alkanes) is 2. The van der Waals surface area contributed by atoms with E-state index in [4.69, 9.17) is 9.47 Å². The van der Waals surface area contributed by atoms with Gasteiger partial charge >= 0.3 is 0 Å². The molecule has 0 rings (SSSR count). The van der Waals surface area contributed by atoms with Gasteiger partial charge < -0.3 is 9.47 Å². The molecule has 0 atom stereocenters. The van der Waals surface area contributed by atoms with Crippen molar-refractivity contribution >= 4 is 0 Å². The predicted molar refractivity (Wildman–Crippen MR) is 58.2 cm³/mol. The zero-order valence-electron chi connectivity index (χ0n) is 9.77. The molecule has 0 heterocycles. The molecule has 0 aliphatic carbocycles. The van der Waals surface area contributed by atoms with Gasteiger partial charge in [-0.3, -0.25) is 0 Å². The topological polar surface area (TPSA) is 18.5 Å². The molecule has 2 nitrogen and oxygen atoms in total. The van der Waals surface area contributed by atoms with Crippen LogP contribution in [0.15, 0.2) is 0 Å². The lowest BCUT2D eigenvalue weighted by Crippen LogP contribution is -2.02. The molecule has 0 saturated carbocycles. The van der Waals surface area contributed by atoms with E-state index in [0.29, 0.717) is 0 Å². The maximum atomic E-state index is 5.01. The molecule has 2 heteroatoms. The Balaban J connectivity index is 0. The first-order valence-electron chi connectivity index (χ1n) is 5.48. The number of ether oxygens (including phenoxy) is 2. The average molecular weight is 190 g/mol. The van der Waals surface area contributed by atoms with Crippen LogP contribution in [0.5, 0.6) is 0 Å². The Morgan fingerprint density at radius 2 is 1.08 bits per heavy atom. The Morgan fingerprint density at radius 1 is 0.692 bits per heavy atom. The fourth-order valence-electron chi connectivity index (χ4n) is 0.760. The van der Waals surface area contributed by atoms with Crippen molar-refractivity contribution in [3.05, 3.63) is 0 Å². The number of hydrogen-bond donors (Lipinski definition) is 0. The van der Waals surface area contributed by atoms with E-state index >= 15 is 0 Å². The smallest absolute Gasteiger partial charge is 0.0700 e. The van der Waals surface area contributed by atoms with Crippen molar-refractivity contribution in [2.24, 2.45) is 0 Å².